The van der Waals surface area contributed by atoms with Crippen molar-refractivity contribution in [3.05, 3.63) is 40.8 Å². The Hall–Kier alpha value is -1.07. The van der Waals surface area contributed by atoms with E-state index < -0.39 is 0 Å². The van der Waals surface area contributed by atoms with Gasteiger partial charge in [-0.25, -0.2) is 0 Å². The lowest BCUT2D eigenvalue weighted by Gasteiger charge is -2.14. The van der Waals surface area contributed by atoms with E-state index in [9.17, 15) is 0 Å². The highest BCUT2D eigenvalue weighted by atomic mass is 32.2. The molecule has 6 rings (SSSR count). The average Bonchev–Trinajstić information content (AvgIpc) is 3.70. The Kier molecular flexibility index (Phi) is 9.95. The van der Waals surface area contributed by atoms with Gasteiger partial charge in [-0.2, -0.15) is 0 Å². The van der Waals surface area contributed by atoms with Crippen LogP contribution in [0.15, 0.2) is 35.2 Å². The molecule has 1 aliphatic heterocycles. The van der Waals surface area contributed by atoms with E-state index in [2.05, 4.69) is 118 Å². The van der Waals surface area contributed by atoms with Gasteiger partial charge >= 0.3 is 0 Å². The number of thiophene rings is 3. The second kappa shape index (κ2) is 13.5. The maximum absolute atomic E-state index is 2.49. The Morgan fingerprint density at radius 1 is 0.643 bits per heavy atom. The quantitative estimate of drug-likeness (QED) is 0.117. The molecule has 0 N–H and O–H groups in total. The van der Waals surface area contributed by atoms with E-state index in [1.54, 1.807) is 20.0 Å². The van der Waals surface area contributed by atoms with Gasteiger partial charge in [0.25, 0.3) is 0 Å². The molecule has 1 aliphatic rings. The summed E-state index contributed by atoms with van der Waals surface area (Å²) >= 11 is 8.40. The van der Waals surface area contributed by atoms with Crippen LogP contribution in [0.4, 0.5) is 0 Å². The van der Waals surface area contributed by atoms with Gasteiger partial charge in [0.1, 0.15) is 0 Å². The monoisotopic (exact) mass is 634 g/mol. The third-order valence-corrected chi connectivity index (χ3v) is 15.1. The van der Waals surface area contributed by atoms with Crippen LogP contribution in [-0.4, -0.2) is 5.25 Å². The number of thioether (sulfide) groups is 1. The van der Waals surface area contributed by atoms with Gasteiger partial charge in [-0.05, 0) is 72.8 Å². The lowest BCUT2D eigenvalue weighted by Crippen LogP contribution is -2.05. The number of hydrogen-bond acceptors (Lipinski definition) is 4. The standard InChI is InChI=1S/C38H50S4/c1-23(2)9-7-11-25(5)13-17-29-21-27-15-19-31-35(33(27)39-29)41-38-32-20-16-28-22-30(40-34(28)36(32)42-37(31)38)18-14-26(6)12-8-10-24(3)4/h15-16,19-21,23-26,30H,7-14,17-18,22H2,1-6H3. The first kappa shape index (κ1) is 30.9. The number of benzene rings is 2. The Balaban J connectivity index is 1.17. The van der Waals surface area contributed by atoms with Crippen molar-refractivity contribution in [2.24, 2.45) is 23.7 Å². The van der Waals surface area contributed by atoms with E-state index in [0.29, 0.717) is 0 Å². The second-order valence-electron chi connectivity index (χ2n) is 14.3. The highest BCUT2D eigenvalue weighted by Crippen LogP contribution is 2.52. The van der Waals surface area contributed by atoms with E-state index in [1.165, 1.54) is 106 Å². The molecule has 0 bridgehead atoms. The summed E-state index contributed by atoms with van der Waals surface area (Å²) in [5.41, 5.74) is 1.60. The minimum atomic E-state index is 0.761. The molecule has 0 spiro atoms. The van der Waals surface area contributed by atoms with Crippen LogP contribution in [0.2, 0.25) is 0 Å². The summed E-state index contributed by atoms with van der Waals surface area (Å²) in [6.07, 6.45) is 14.9. The van der Waals surface area contributed by atoms with E-state index in [1.807, 2.05) is 0 Å². The van der Waals surface area contributed by atoms with Crippen LogP contribution in [0, 0.1) is 23.7 Å². The van der Waals surface area contributed by atoms with Gasteiger partial charge in [0, 0.05) is 25.8 Å². The molecule has 0 aliphatic carbocycles. The summed E-state index contributed by atoms with van der Waals surface area (Å²) in [7, 11) is 0. The second-order valence-corrected chi connectivity index (χ2v) is 18.8. The van der Waals surface area contributed by atoms with Crippen molar-refractivity contribution in [1.82, 2.24) is 0 Å². The van der Waals surface area contributed by atoms with E-state index in [0.717, 1.165) is 28.9 Å². The van der Waals surface area contributed by atoms with Crippen LogP contribution in [-0.2, 0) is 12.8 Å². The molecule has 0 radical (unpaired) electrons. The molecular weight excluding hydrogens is 585 g/mol. The molecule has 0 nitrogen and oxygen atoms in total. The molecule has 0 saturated carbocycles. The van der Waals surface area contributed by atoms with Crippen LogP contribution in [0.5, 0.6) is 0 Å². The first-order chi connectivity index (χ1) is 20.3. The van der Waals surface area contributed by atoms with Crippen molar-refractivity contribution in [3.63, 3.8) is 0 Å². The summed E-state index contributed by atoms with van der Waals surface area (Å²) in [6.45, 7) is 14.3. The lowest BCUT2D eigenvalue weighted by molar-refractivity contribution is 0.425. The van der Waals surface area contributed by atoms with Crippen molar-refractivity contribution in [3.8, 4) is 0 Å². The fourth-order valence-corrected chi connectivity index (χ4v) is 12.6. The molecule has 0 amide bonds. The highest BCUT2D eigenvalue weighted by molar-refractivity contribution is 8.00. The molecule has 4 heteroatoms. The topological polar surface area (TPSA) is 0 Å². The summed E-state index contributed by atoms with van der Waals surface area (Å²) in [5.74, 6) is 3.36. The summed E-state index contributed by atoms with van der Waals surface area (Å²) in [4.78, 5) is 3.18. The Morgan fingerprint density at radius 2 is 1.26 bits per heavy atom. The molecule has 3 atom stereocenters. The zero-order valence-corrected chi connectivity index (χ0v) is 30.0. The zero-order valence-electron chi connectivity index (χ0n) is 26.7. The zero-order chi connectivity index (χ0) is 29.4. The Morgan fingerprint density at radius 3 is 1.98 bits per heavy atom. The highest BCUT2D eigenvalue weighted by Gasteiger charge is 2.27. The predicted molar refractivity (Wildman–Crippen MR) is 197 cm³/mol. The van der Waals surface area contributed by atoms with E-state index in [-0.39, 0.29) is 0 Å². The van der Waals surface area contributed by atoms with Gasteiger partial charge in [0.15, 0.2) is 0 Å². The molecule has 3 unspecified atom stereocenters. The largest absolute Gasteiger partial charge is 0.139 e. The summed E-state index contributed by atoms with van der Waals surface area (Å²) in [6, 6.07) is 12.2. The number of rotatable bonds is 14. The minimum absolute atomic E-state index is 0.761. The predicted octanol–water partition coefficient (Wildman–Crippen LogP) is 14.1. The van der Waals surface area contributed by atoms with Crippen LogP contribution in [0.1, 0.15) is 110 Å². The molecule has 4 heterocycles. The smallest absolute Gasteiger partial charge is 0.0543 e. The Bertz CT molecular complexity index is 1640. The van der Waals surface area contributed by atoms with Crippen LogP contribution >= 0.6 is 45.8 Å². The maximum atomic E-state index is 2.49. The Labute approximate surface area is 270 Å². The number of aryl methyl sites for hydroxylation is 1. The third-order valence-electron chi connectivity index (χ3n) is 9.54. The summed E-state index contributed by atoms with van der Waals surface area (Å²) in [5, 5.41) is 5.20. The summed E-state index contributed by atoms with van der Waals surface area (Å²) < 4.78 is 7.66. The van der Waals surface area contributed by atoms with Gasteiger partial charge in [-0.3, -0.25) is 0 Å². The number of hydrogen-bond donors (Lipinski definition) is 0. The normalized spacial score (nSPS) is 17.1. The SMILES string of the molecule is CC(C)CCCC(C)CCc1cc2ccc3c(sc4c5ccc6c(c5sc34)SC(CCC(C)CCCC(C)C)C6)c2s1. The van der Waals surface area contributed by atoms with Gasteiger partial charge in [0.05, 0.1) is 23.5 Å². The van der Waals surface area contributed by atoms with Crippen LogP contribution in [0.3, 0.4) is 0 Å². The van der Waals surface area contributed by atoms with E-state index in [4.69, 9.17) is 0 Å². The molecule has 5 aromatic rings. The fraction of sp³-hybridized carbons (Fsp3) is 0.579. The van der Waals surface area contributed by atoms with Crippen molar-refractivity contribution in [2.45, 2.75) is 122 Å². The molecule has 0 saturated heterocycles. The molecule has 226 valence electrons. The average molecular weight is 635 g/mol. The van der Waals surface area contributed by atoms with Crippen molar-refractivity contribution >= 4 is 85.4 Å². The van der Waals surface area contributed by atoms with Crippen molar-refractivity contribution in [1.29, 1.82) is 0 Å². The van der Waals surface area contributed by atoms with Gasteiger partial charge in [-0.1, -0.05) is 104 Å². The molecule has 42 heavy (non-hydrogen) atoms. The van der Waals surface area contributed by atoms with Gasteiger partial charge < -0.3 is 0 Å². The van der Waals surface area contributed by atoms with Crippen LogP contribution < -0.4 is 0 Å². The number of fused-ring (bicyclic) bond motifs is 9. The lowest BCUT2D eigenvalue weighted by atomic mass is 9.94. The molecular formula is C38H50S4. The minimum Gasteiger partial charge on any atom is -0.139 e. The fourth-order valence-electron chi connectivity index (χ4n) is 6.87. The van der Waals surface area contributed by atoms with Crippen molar-refractivity contribution in [2.75, 3.05) is 0 Å². The maximum Gasteiger partial charge on any atom is 0.0543 e. The van der Waals surface area contributed by atoms with Gasteiger partial charge in [-0.15, -0.1) is 45.8 Å². The molecule has 2 aromatic carbocycles. The molecule has 3 aromatic heterocycles. The molecule has 0 fully saturated rings. The third kappa shape index (κ3) is 6.77. The van der Waals surface area contributed by atoms with E-state index >= 15 is 0 Å². The van der Waals surface area contributed by atoms with Crippen LogP contribution in [0.25, 0.3) is 39.7 Å². The first-order valence-electron chi connectivity index (χ1n) is 16.8. The van der Waals surface area contributed by atoms with Crippen molar-refractivity contribution < 1.29 is 0 Å². The first-order valence-corrected chi connectivity index (χ1v) is 20.1. The van der Waals surface area contributed by atoms with Gasteiger partial charge in [0.2, 0.25) is 0 Å².